The molecule has 1 aromatic heterocycles. The van der Waals surface area contributed by atoms with E-state index in [0.717, 1.165) is 5.56 Å². The number of rotatable bonds is 8. The average molecular weight is 409 g/mol. The molecule has 29 heavy (non-hydrogen) atoms. The van der Waals surface area contributed by atoms with Crippen LogP contribution in [-0.2, 0) is 22.7 Å². The molecule has 3 N–H and O–H groups in total. The molecule has 0 saturated carbocycles. The van der Waals surface area contributed by atoms with Gasteiger partial charge in [-0.15, -0.1) is 0 Å². The fourth-order valence-electron chi connectivity index (χ4n) is 2.25. The lowest BCUT2D eigenvalue weighted by Crippen LogP contribution is -2.41. The molecule has 7 nitrogen and oxygen atoms in total. The van der Waals surface area contributed by atoms with Crippen molar-refractivity contribution in [2.45, 2.75) is 19.3 Å². The first-order chi connectivity index (χ1) is 13.9. The van der Waals surface area contributed by atoms with Gasteiger partial charge in [-0.2, -0.15) is 13.2 Å². The Morgan fingerprint density at radius 2 is 1.86 bits per heavy atom. The molecule has 10 heteroatoms. The van der Waals surface area contributed by atoms with E-state index in [0.29, 0.717) is 23.8 Å². The molecule has 0 fully saturated rings. The average Bonchev–Trinajstić information content (AvgIpc) is 2.69. The fourth-order valence-corrected chi connectivity index (χ4v) is 2.25. The van der Waals surface area contributed by atoms with Gasteiger partial charge in [-0.05, 0) is 23.3 Å². The molecule has 0 radical (unpaired) electrons. The lowest BCUT2D eigenvalue weighted by atomic mass is 10.1. The van der Waals surface area contributed by atoms with Gasteiger partial charge in [0.15, 0.2) is 5.96 Å². The molecular weight excluding hydrogens is 387 g/mol. The first-order valence-electron chi connectivity index (χ1n) is 8.72. The maximum Gasteiger partial charge on any atom is 0.411 e. The number of hydrogen-bond donors (Lipinski definition) is 3. The molecule has 2 aromatic rings. The van der Waals surface area contributed by atoms with Crippen LogP contribution in [-0.4, -0.2) is 43.2 Å². The van der Waals surface area contributed by atoms with E-state index in [4.69, 9.17) is 0 Å². The molecule has 1 heterocycles. The molecule has 1 aromatic carbocycles. The second-order valence-corrected chi connectivity index (χ2v) is 5.99. The van der Waals surface area contributed by atoms with E-state index in [2.05, 4.69) is 30.7 Å². The predicted octanol–water partition coefficient (Wildman–Crippen LogP) is 2.46. The molecule has 0 aliphatic carbocycles. The van der Waals surface area contributed by atoms with Gasteiger partial charge in [0.1, 0.15) is 6.61 Å². The number of carbonyl (C=O) groups is 1. The number of alkyl halides is 3. The third kappa shape index (κ3) is 9.06. The minimum atomic E-state index is -4.33. The Balaban J connectivity index is 1.72. The van der Waals surface area contributed by atoms with Crippen LogP contribution >= 0.6 is 0 Å². The van der Waals surface area contributed by atoms with Crippen LogP contribution in [0.2, 0.25) is 0 Å². The highest BCUT2D eigenvalue weighted by molar-refractivity contribution is 5.94. The number of aromatic nitrogens is 1. The first kappa shape index (κ1) is 22.2. The molecule has 1 amide bonds. The lowest BCUT2D eigenvalue weighted by Gasteiger charge is -2.12. The van der Waals surface area contributed by atoms with Crippen molar-refractivity contribution in [2.24, 2.45) is 4.99 Å². The zero-order valence-electron chi connectivity index (χ0n) is 15.8. The summed E-state index contributed by atoms with van der Waals surface area (Å²) in [6.07, 6.45) is -1.17. The third-order valence-corrected chi connectivity index (χ3v) is 3.60. The minimum absolute atomic E-state index is 0.0179. The van der Waals surface area contributed by atoms with E-state index in [9.17, 15) is 18.0 Å². The van der Waals surface area contributed by atoms with Gasteiger partial charge >= 0.3 is 6.18 Å². The van der Waals surface area contributed by atoms with Crippen LogP contribution in [0.15, 0.2) is 53.8 Å². The zero-order chi connectivity index (χ0) is 21.1. The Kier molecular flexibility index (Phi) is 8.41. The summed E-state index contributed by atoms with van der Waals surface area (Å²) in [6.45, 7) is -0.938. The molecule has 0 spiro atoms. The van der Waals surface area contributed by atoms with Gasteiger partial charge in [-0.25, -0.2) is 0 Å². The van der Waals surface area contributed by atoms with Crippen LogP contribution in [0, 0.1) is 0 Å². The van der Waals surface area contributed by atoms with Crippen LogP contribution in [0.5, 0.6) is 0 Å². The van der Waals surface area contributed by atoms with Crippen molar-refractivity contribution < 1.29 is 22.7 Å². The van der Waals surface area contributed by atoms with Crippen LogP contribution < -0.4 is 16.0 Å². The van der Waals surface area contributed by atoms with E-state index in [1.165, 1.54) is 0 Å². The van der Waals surface area contributed by atoms with Crippen molar-refractivity contribution in [3.63, 3.8) is 0 Å². The molecular formula is C19H22F3N5O2. The van der Waals surface area contributed by atoms with E-state index in [1.54, 1.807) is 55.8 Å². The number of aliphatic imine (C=N–C) groups is 1. The Hall–Kier alpha value is -3.14. The van der Waals surface area contributed by atoms with Gasteiger partial charge in [0.2, 0.25) is 5.91 Å². The molecule has 156 valence electrons. The van der Waals surface area contributed by atoms with Gasteiger partial charge in [-0.1, -0.05) is 24.3 Å². The molecule has 0 bridgehead atoms. The summed E-state index contributed by atoms with van der Waals surface area (Å²) in [5.41, 5.74) is 2.14. The standard InChI is InChI=1S/C19H22F3N5O2/c1-23-18(26-11-17(28)27-16-3-2-8-24-10-16)25-9-14-4-6-15(7-5-14)12-29-13-19(20,21)22/h2-8,10H,9,11-13H2,1H3,(H,27,28)(H2,23,25,26). The largest absolute Gasteiger partial charge is 0.411 e. The molecule has 0 aliphatic heterocycles. The Morgan fingerprint density at radius 3 is 2.48 bits per heavy atom. The summed E-state index contributed by atoms with van der Waals surface area (Å²) in [5.74, 6) is 0.188. The minimum Gasteiger partial charge on any atom is -0.367 e. The summed E-state index contributed by atoms with van der Waals surface area (Å²) in [6, 6.07) is 10.4. The summed E-state index contributed by atoms with van der Waals surface area (Å²) < 4.78 is 40.9. The molecule has 0 unspecified atom stereocenters. The van der Waals surface area contributed by atoms with Crippen LogP contribution in [0.1, 0.15) is 11.1 Å². The van der Waals surface area contributed by atoms with Crippen LogP contribution in [0.25, 0.3) is 0 Å². The summed E-state index contributed by atoms with van der Waals surface area (Å²) >= 11 is 0. The fraction of sp³-hybridized carbons (Fsp3) is 0.316. The maximum absolute atomic E-state index is 12.1. The van der Waals surface area contributed by atoms with Crippen LogP contribution in [0.3, 0.4) is 0 Å². The number of halogens is 3. The number of carbonyl (C=O) groups excluding carboxylic acids is 1. The Morgan fingerprint density at radius 1 is 1.14 bits per heavy atom. The molecule has 0 aliphatic rings. The lowest BCUT2D eigenvalue weighted by molar-refractivity contribution is -0.176. The summed E-state index contributed by atoms with van der Waals surface area (Å²) in [5, 5.41) is 8.65. The van der Waals surface area contributed by atoms with Gasteiger partial charge in [0, 0.05) is 19.8 Å². The van der Waals surface area contributed by atoms with Gasteiger partial charge in [-0.3, -0.25) is 14.8 Å². The SMILES string of the molecule is CN=C(NCC(=O)Nc1cccnc1)NCc1ccc(COCC(F)(F)F)cc1. The number of nitrogens with zero attached hydrogens (tertiary/aromatic N) is 2. The van der Waals surface area contributed by atoms with Crippen molar-refractivity contribution >= 4 is 17.6 Å². The number of guanidine groups is 1. The molecule has 0 atom stereocenters. The van der Waals surface area contributed by atoms with Crippen molar-refractivity contribution in [1.82, 2.24) is 15.6 Å². The number of hydrogen-bond acceptors (Lipinski definition) is 4. The number of amides is 1. The monoisotopic (exact) mass is 409 g/mol. The Labute approximate surface area is 166 Å². The van der Waals surface area contributed by atoms with Gasteiger partial charge in [0.05, 0.1) is 25.0 Å². The number of nitrogens with one attached hydrogen (secondary N) is 3. The van der Waals surface area contributed by atoms with E-state index < -0.39 is 12.8 Å². The maximum atomic E-state index is 12.1. The second kappa shape index (κ2) is 11.0. The number of ether oxygens (including phenoxy) is 1. The van der Waals surface area contributed by atoms with Gasteiger partial charge < -0.3 is 20.7 Å². The van der Waals surface area contributed by atoms with Crippen molar-refractivity contribution in [3.8, 4) is 0 Å². The number of benzene rings is 1. The highest BCUT2D eigenvalue weighted by Gasteiger charge is 2.27. The van der Waals surface area contributed by atoms with Gasteiger partial charge in [0.25, 0.3) is 0 Å². The summed E-state index contributed by atoms with van der Waals surface area (Å²) in [4.78, 5) is 19.9. The molecule has 2 rings (SSSR count). The van der Waals surface area contributed by atoms with Crippen LogP contribution in [0.4, 0.5) is 18.9 Å². The highest BCUT2D eigenvalue weighted by atomic mass is 19.4. The molecule has 0 saturated heterocycles. The second-order valence-electron chi connectivity index (χ2n) is 5.99. The van der Waals surface area contributed by atoms with Crippen molar-refractivity contribution in [1.29, 1.82) is 0 Å². The van der Waals surface area contributed by atoms with Crippen molar-refractivity contribution in [2.75, 3.05) is 25.5 Å². The highest BCUT2D eigenvalue weighted by Crippen LogP contribution is 2.15. The van der Waals surface area contributed by atoms with E-state index in [-0.39, 0.29) is 19.1 Å². The van der Waals surface area contributed by atoms with Crippen molar-refractivity contribution in [3.05, 3.63) is 59.9 Å². The third-order valence-electron chi connectivity index (χ3n) is 3.60. The van der Waals surface area contributed by atoms with E-state index in [1.807, 2.05) is 0 Å². The first-order valence-corrected chi connectivity index (χ1v) is 8.72. The zero-order valence-corrected chi connectivity index (χ0v) is 15.8. The smallest absolute Gasteiger partial charge is 0.367 e. The predicted molar refractivity (Wildman–Crippen MR) is 103 cm³/mol. The topological polar surface area (TPSA) is 87.6 Å². The quantitative estimate of drug-likeness (QED) is 0.461. The normalized spacial score (nSPS) is 11.8. The number of anilines is 1. The number of pyridine rings is 1. The summed E-state index contributed by atoms with van der Waals surface area (Å²) in [7, 11) is 1.58. The van der Waals surface area contributed by atoms with E-state index >= 15 is 0 Å². The Bertz CT molecular complexity index is 796.